The molecule has 120 valence electrons. The second-order valence-electron chi connectivity index (χ2n) is 7.85. The molecule has 1 heterocycles. The number of aromatic hydroxyl groups is 1. The highest BCUT2D eigenvalue weighted by Gasteiger charge is 2.26. The minimum atomic E-state index is -0.106. The predicted octanol–water partition coefficient (Wildman–Crippen LogP) is 4.87. The standard InChI is InChI=1S/C18H26N2OS/c1-17(2,3)13-8-12(22-15-10-20(7)11-19-15)9-14(16(13)21)18(4,5)6/h8-11,21H,1-7H3. The average molecular weight is 318 g/mol. The van der Waals surface area contributed by atoms with Gasteiger partial charge in [-0.15, -0.1) is 0 Å². The van der Waals surface area contributed by atoms with Crippen LogP contribution in [-0.4, -0.2) is 14.7 Å². The molecule has 0 aliphatic heterocycles. The number of hydrogen-bond acceptors (Lipinski definition) is 3. The van der Waals surface area contributed by atoms with E-state index in [2.05, 4.69) is 58.7 Å². The molecule has 4 heteroatoms. The van der Waals surface area contributed by atoms with E-state index in [-0.39, 0.29) is 10.8 Å². The number of imidazole rings is 1. The summed E-state index contributed by atoms with van der Waals surface area (Å²) in [6.07, 6.45) is 3.81. The molecule has 0 radical (unpaired) electrons. The van der Waals surface area contributed by atoms with Gasteiger partial charge in [-0.3, -0.25) is 0 Å². The zero-order valence-electron chi connectivity index (χ0n) is 14.6. The van der Waals surface area contributed by atoms with Gasteiger partial charge in [0.2, 0.25) is 0 Å². The summed E-state index contributed by atoms with van der Waals surface area (Å²) in [4.78, 5) is 5.50. The lowest BCUT2D eigenvalue weighted by Gasteiger charge is -2.28. The number of rotatable bonds is 2. The summed E-state index contributed by atoms with van der Waals surface area (Å²) in [5.74, 6) is 0.422. The van der Waals surface area contributed by atoms with E-state index in [0.717, 1.165) is 21.0 Å². The van der Waals surface area contributed by atoms with Crippen LogP contribution in [0.25, 0.3) is 0 Å². The first-order valence-corrected chi connectivity index (χ1v) is 8.34. The smallest absolute Gasteiger partial charge is 0.123 e. The van der Waals surface area contributed by atoms with Crippen LogP contribution >= 0.6 is 11.8 Å². The SMILES string of the molecule is Cn1cnc(Sc2cc(C(C)(C)C)c(O)c(C(C)(C)C)c2)c1. The van der Waals surface area contributed by atoms with Crippen LogP contribution in [0, 0.1) is 0 Å². The Morgan fingerprint density at radius 2 is 1.50 bits per heavy atom. The largest absolute Gasteiger partial charge is 0.507 e. The molecule has 22 heavy (non-hydrogen) atoms. The molecule has 0 atom stereocenters. The fraction of sp³-hybridized carbons (Fsp3) is 0.500. The quantitative estimate of drug-likeness (QED) is 0.858. The van der Waals surface area contributed by atoms with Crippen LogP contribution < -0.4 is 0 Å². The highest BCUT2D eigenvalue weighted by atomic mass is 32.2. The van der Waals surface area contributed by atoms with Gasteiger partial charge in [-0.05, 0) is 23.0 Å². The van der Waals surface area contributed by atoms with E-state index in [1.54, 1.807) is 18.1 Å². The first-order valence-electron chi connectivity index (χ1n) is 7.52. The Labute approximate surface area is 137 Å². The van der Waals surface area contributed by atoms with E-state index in [9.17, 15) is 5.11 Å². The molecule has 0 aliphatic rings. The van der Waals surface area contributed by atoms with Crippen molar-refractivity contribution in [1.29, 1.82) is 0 Å². The highest BCUT2D eigenvalue weighted by molar-refractivity contribution is 7.99. The molecule has 0 saturated carbocycles. The molecule has 1 aromatic heterocycles. The van der Waals surface area contributed by atoms with Crippen molar-refractivity contribution in [1.82, 2.24) is 9.55 Å². The molecule has 2 aromatic rings. The predicted molar refractivity (Wildman–Crippen MR) is 92.8 cm³/mol. The van der Waals surface area contributed by atoms with Crippen LogP contribution in [0.3, 0.4) is 0 Å². The van der Waals surface area contributed by atoms with Crippen molar-refractivity contribution < 1.29 is 5.11 Å². The third-order valence-electron chi connectivity index (χ3n) is 3.60. The maximum atomic E-state index is 10.7. The van der Waals surface area contributed by atoms with Gasteiger partial charge in [0, 0.05) is 29.3 Å². The topological polar surface area (TPSA) is 38.0 Å². The number of phenolic OH excluding ortho intramolecular Hbond substituents is 1. The fourth-order valence-electron chi connectivity index (χ4n) is 2.37. The summed E-state index contributed by atoms with van der Waals surface area (Å²) in [6, 6.07) is 4.17. The van der Waals surface area contributed by atoms with Crippen molar-refractivity contribution in [3.8, 4) is 5.75 Å². The molecule has 3 nitrogen and oxygen atoms in total. The van der Waals surface area contributed by atoms with Crippen LogP contribution in [-0.2, 0) is 17.9 Å². The molecule has 0 aliphatic carbocycles. The monoisotopic (exact) mass is 318 g/mol. The maximum Gasteiger partial charge on any atom is 0.123 e. The van der Waals surface area contributed by atoms with Crippen LogP contribution in [0.5, 0.6) is 5.75 Å². The Morgan fingerprint density at radius 1 is 1.00 bits per heavy atom. The molecule has 1 aromatic carbocycles. The van der Waals surface area contributed by atoms with E-state index < -0.39 is 0 Å². The Bertz CT molecular complexity index is 640. The third-order valence-corrected chi connectivity index (χ3v) is 4.49. The zero-order chi connectivity index (χ0) is 16.7. The first-order chi connectivity index (χ1) is 9.98. The number of phenols is 1. The highest BCUT2D eigenvalue weighted by Crippen LogP contribution is 2.42. The third kappa shape index (κ3) is 3.67. The lowest BCUT2D eigenvalue weighted by Crippen LogP contribution is -2.17. The van der Waals surface area contributed by atoms with Gasteiger partial charge in [-0.25, -0.2) is 4.98 Å². The Kier molecular flexibility index (Phi) is 4.35. The van der Waals surface area contributed by atoms with Crippen molar-refractivity contribution >= 4 is 11.8 Å². The van der Waals surface area contributed by atoms with Gasteiger partial charge in [0.05, 0.1) is 6.33 Å². The van der Waals surface area contributed by atoms with Crippen molar-refractivity contribution in [3.63, 3.8) is 0 Å². The zero-order valence-corrected chi connectivity index (χ0v) is 15.4. The number of nitrogens with zero attached hydrogens (tertiary/aromatic N) is 2. The van der Waals surface area contributed by atoms with Gasteiger partial charge < -0.3 is 9.67 Å². The number of aryl methyl sites for hydroxylation is 1. The number of aromatic nitrogens is 2. The summed E-state index contributed by atoms with van der Waals surface area (Å²) in [5, 5.41) is 11.7. The van der Waals surface area contributed by atoms with Crippen molar-refractivity contribution in [2.75, 3.05) is 0 Å². The van der Waals surface area contributed by atoms with E-state index in [1.165, 1.54) is 0 Å². The minimum absolute atomic E-state index is 0.106. The second-order valence-corrected chi connectivity index (χ2v) is 8.94. The lowest BCUT2D eigenvalue weighted by molar-refractivity contribution is 0.422. The molecule has 0 bridgehead atoms. The molecule has 0 saturated heterocycles. The summed E-state index contributed by atoms with van der Waals surface area (Å²) in [7, 11) is 1.97. The second kappa shape index (κ2) is 5.65. The Hall–Kier alpha value is -1.42. The molecule has 0 fully saturated rings. The van der Waals surface area contributed by atoms with E-state index in [4.69, 9.17) is 0 Å². The summed E-state index contributed by atoms with van der Waals surface area (Å²) in [5.41, 5.74) is 1.76. The van der Waals surface area contributed by atoms with Crippen LogP contribution in [0.2, 0.25) is 0 Å². The normalized spacial score (nSPS) is 12.7. The van der Waals surface area contributed by atoms with Gasteiger partial charge in [-0.2, -0.15) is 0 Å². The maximum absolute atomic E-state index is 10.7. The number of benzene rings is 1. The van der Waals surface area contributed by atoms with Crippen molar-refractivity contribution in [2.24, 2.45) is 7.05 Å². The van der Waals surface area contributed by atoms with Crippen molar-refractivity contribution in [2.45, 2.75) is 62.3 Å². The van der Waals surface area contributed by atoms with Gasteiger partial charge in [-0.1, -0.05) is 53.3 Å². The molecule has 1 N–H and O–H groups in total. The summed E-state index contributed by atoms with van der Waals surface area (Å²) in [6.45, 7) is 12.8. The lowest BCUT2D eigenvalue weighted by atomic mass is 9.79. The van der Waals surface area contributed by atoms with E-state index >= 15 is 0 Å². The minimum Gasteiger partial charge on any atom is -0.507 e. The van der Waals surface area contributed by atoms with Gasteiger partial charge in [0.15, 0.2) is 0 Å². The number of hydrogen-bond donors (Lipinski definition) is 1. The van der Waals surface area contributed by atoms with Gasteiger partial charge >= 0.3 is 0 Å². The van der Waals surface area contributed by atoms with Crippen molar-refractivity contribution in [3.05, 3.63) is 35.8 Å². The molecular weight excluding hydrogens is 292 g/mol. The van der Waals surface area contributed by atoms with Gasteiger partial charge in [0.1, 0.15) is 10.8 Å². The van der Waals surface area contributed by atoms with E-state index in [1.807, 2.05) is 17.8 Å². The molecular formula is C18H26N2OS. The molecule has 2 rings (SSSR count). The molecule has 0 spiro atoms. The average Bonchev–Trinajstić information content (AvgIpc) is 2.74. The Morgan fingerprint density at radius 3 is 1.86 bits per heavy atom. The van der Waals surface area contributed by atoms with Crippen LogP contribution in [0.4, 0.5) is 0 Å². The fourth-order valence-corrected chi connectivity index (χ4v) is 3.29. The molecule has 0 amide bonds. The van der Waals surface area contributed by atoms with Crippen LogP contribution in [0.15, 0.2) is 34.6 Å². The van der Waals surface area contributed by atoms with Crippen LogP contribution in [0.1, 0.15) is 52.7 Å². The first kappa shape index (κ1) is 16.9. The summed E-state index contributed by atoms with van der Waals surface area (Å²) < 4.78 is 1.94. The summed E-state index contributed by atoms with van der Waals surface area (Å²) >= 11 is 1.63. The van der Waals surface area contributed by atoms with E-state index in [0.29, 0.717) is 5.75 Å². The molecule has 0 unspecified atom stereocenters. The Balaban J connectivity index is 2.55. The van der Waals surface area contributed by atoms with Gasteiger partial charge in [0.25, 0.3) is 0 Å².